The number of likely N-dealkylation sites (N-methyl/N-ethyl adjacent to an activating group) is 1. The van der Waals surface area contributed by atoms with Gasteiger partial charge in [0.2, 0.25) is 0 Å². The van der Waals surface area contributed by atoms with Gasteiger partial charge in [0.05, 0.1) is 0 Å². The van der Waals surface area contributed by atoms with Crippen molar-refractivity contribution in [3.63, 3.8) is 0 Å². The van der Waals surface area contributed by atoms with Crippen LogP contribution in [0, 0.1) is 0 Å². The zero-order valence-electron chi connectivity index (χ0n) is 14.1. The molecular formula is C15H27NO5. The molecule has 0 aromatic heterocycles. The summed E-state index contributed by atoms with van der Waals surface area (Å²) in [6.45, 7) is 10.5. The first kappa shape index (κ1) is 19.4. The van der Waals surface area contributed by atoms with Crippen molar-refractivity contribution in [3.8, 4) is 0 Å². The number of nitrogens with zero attached hydrogens (tertiary/aromatic N) is 1. The van der Waals surface area contributed by atoms with Gasteiger partial charge in [0, 0.05) is 13.5 Å². The van der Waals surface area contributed by atoms with Crippen LogP contribution in [0.4, 0.5) is 4.79 Å². The molecule has 0 unspecified atom stereocenters. The van der Waals surface area contributed by atoms with Crippen molar-refractivity contribution in [3.05, 3.63) is 0 Å². The molecule has 0 rings (SSSR count). The maximum atomic E-state index is 12.2. The third-order valence-electron chi connectivity index (χ3n) is 2.39. The molecule has 0 saturated carbocycles. The number of ether oxygens (including phenoxy) is 2. The smallest absolute Gasteiger partial charge is 0.410 e. The van der Waals surface area contributed by atoms with E-state index in [0.717, 1.165) is 0 Å². The van der Waals surface area contributed by atoms with Crippen molar-refractivity contribution in [1.82, 2.24) is 4.90 Å². The maximum Gasteiger partial charge on any atom is 0.410 e. The molecule has 0 saturated heterocycles. The van der Waals surface area contributed by atoms with Crippen LogP contribution in [0.25, 0.3) is 0 Å². The molecule has 1 amide bonds. The van der Waals surface area contributed by atoms with Gasteiger partial charge in [-0.2, -0.15) is 0 Å². The average Bonchev–Trinajstić information content (AvgIpc) is 2.24. The van der Waals surface area contributed by atoms with Crippen LogP contribution in [-0.4, -0.2) is 47.5 Å². The lowest BCUT2D eigenvalue weighted by atomic mass is 10.1. The van der Waals surface area contributed by atoms with Gasteiger partial charge >= 0.3 is 12.1 Å². The first-order valence-electron chi connectivity index (χ1n) is 6.99. The van der Waals surface area contributed by atoms with Crippen LogP contribution in [0.5, 0.6) is 0 Å². The SMILES string of the molecule is CN(C(=O)OC(C)(C)C)[C@@H](CCC=O)C(=O)OC(C)(C)C. The van der Waals surface area contributed by atoms with Crippen molar-refractivity contribution in [2.75, 3.05) is 7.05 Å². The van der Waals surface area contributed by atoms with E-state index in [2.05, 4.69) is 0 Å². The molecule has 0 N–H and O–H groups in total. The molecule has 0 radical (unpaired) electrons. The van der Waals surface area contributed by atoms with Crippen LogP contribution in [-0.2, 0) is 19.1 Å². The van der Waals surface area contributed by atoms with Crippen molar-refractivity contribution in [2.24, 2.45) is 0 Å². The van der Waals surface area contributed by atoms with E-state index in [-0.39, 0.29) is 12.8 Å². The minimum Gasteiger partial charge on any atom is -0.458 e. The molecule has 0 aliphatic carbocycles. The first-order chi connectivity index (χ1) is 9.37. The Morgan fingerprint density at radius 1 is 1.05 bits per heavy atom. The predicted octanol–water partition coefficient (Wildman–Crippen LogP) is 2.54. The Morgan fingerprint density at radius 2 is 1.52 bits per heavy atom. The lowest BCUT2D eigenvalue weighted by Crippen LogP contribution is -2.47. The predicted molar refractivity (Wildman–Crippen MR) is 78.9 cm³/mol. The van der Waals surface area contributed by atoms with Gasteiger partial charge < -0.3 is 14.3 Å². The fourth-order valence-electron chi connectivity index (χ4n) is 1.53. The highest BCUT2D eigenvalue weighted by Crippen LogP contribution is 2.16. The molecule has 0 bridgehead atoms. The zero-order valence-corrected chi connectivity index (χ0v) is 14.1. The third kappa shape index (κ3) is 8.32. The van der Waals surface area contributed by atoms with Crippen molar-refractivity contribution < 1.29 is 23.9 Å². The van der Waals surface area contributed by atoms with Crippen LogP contribution < -0.4 is 0 Å². The molecule has 21 heavy (non-hydrogen) atoms. The van der Waals surface area contributed by atoms with Gasteiger partial charge in [-0.3, -0.25) is 4.90 Å². The number of hydrogen-bond acceptors (Lipinski definition) is 5. The van der Waals surface area contributed by atoms with Gasteiger partial charge in [-0.1, -0.05) is 0 Å². The molecule has 0 aromatic carbocycles. The van der Waals surface area contributed by atoms with Crippen LogP contribution in [0.1, 0.15) is 54.4 Å². The maximum absolute atomic E-state index is 12.2. The fourth-order valence-corrected chi connectivity index (χ4v) is 1.53. The van der Waals surface area contributed by atoms with Crippen LogP contribution in [0.2, 0.25) is 0 Å². The lowest BCUT2D eigenvalue weighted by Gasteiger charge is -2.31. The normalized spacial score (nSPS) is 13.3. The summed E-state index contributed by atoms with van der Waals surface area (Å²) in [7, 11) is 1.47. The second-order valence-corrected chi connectivity index (χ2v) is 6.88. The number of aldehydes is 1. The standard InChI is InChI=1S/C15H27NO5/c1-14(2,3)20-12(18)11(9-8-10-17)16(7)13(19)21-15(4,5)6/h10-11H,8-9H2,1-7H3/t11-/m0/s1. The largest absolute Gasteiger partial charge is 0.458 e. The Balaban J connectivity index is 5.00. The topological polar surface area (TPSA) is 72.9 Å². The van der Waals surface area contributed by atoms with Gasteiger partial charge in [-0.25, -0.2) is 9.59 Å². The molecule has 0 aliphatic heterocycles. The Morgan fingerprint density at radius 3 is 1.90 bits per heavy atom. The molecular weight excluding hydrogens is 274 g/mol. The second-order valence-electron chi connectivity index (χ2n) is 6.88. The van der Waals surface area contributed by atoms with E-state index in [4.69, 9.17) is 9.47 Å². The van der Waals surface area contributed by atoms with Gasteiger partial charge in [0.25, 0.3) is 0 Å². The Labute approximate surface area is 126 Å². The van der Waals surface area contributed by atoms with E-state index < -0.39 is 29.3 Å². The highest BCUT2D eigenvalue weighted by molar-refractivity contribution is 5.82. The van der Waals surface area contributed by atoms with Gasteiger partial charge in [-0.15, -0.1) is 0 Å². The van der Waals surface area contributed by atoms with Crippen molar-refractivity contribution in [2.45, 2.75) is 71.6 Å². The van der Waals surface area contributed by atoms with E-state index in [0.29, 0.717) is 6.29 Å². The van der Waals surface area contributed by atoms with E-state index in [1.54, 1.807) is 41.5 Å². The van der Waals surface area contributed by atoms with Crippen molar-refractivity contribution in [1.29, 1.82) is 0 Å². The summed E-state index contributed by atoms with van der Waals surface area (Å²) in [5.41, 5.74) is -1.32. The summed E-state index contributed by atoms with van der Waals surface area (Å²) in [5, 5.41) is 0. The summed E-state index contributed by atoms with van der Waals surface area (Å²) in [5.74, 6) is -0.544. The Bertz CT molecular complexity index is 379. The molecule has 0 fully saturated rings. The Hall–Kier alpha value is -1.59. The highest BCUT2D eigenvalue weighted by Gasteiger charge is 2.33. The third-order valence-corrected chi connectivity index (χ3v) is 2.39. The van der Waals surface area contributed by atoms with E-state index in [1.807, 2.05) is 0 Å². The fraction of sp³-hybridized carbons (Fsp3) is 0.800. The quantitative estimate of drug-likeness (QED) is 0.576. The van der Waals surface area contributed by atoms with Gasteiger partial charge in [0.15, 0.2) is 0 Å². The van der Waals surface area contributed by atoms with Crippen LogP contribution >= 0.6 is 0 Å². The number of amides is 1. The molecule has 0 aromatic rings. The Kier molecular flexibility index (Phi) is 6.86. The average molecular weight is 301 g/mol. The molecule has 0 heterocycles. The van der Waals surface area contributed by atoms with E-state index in [1.165, 1.54) is 11.9 Å². The molecule has 0 spiro atoms. The molecule has 1 atom stereocenters. The summed E-state index contributed by atoms with van der Waals surface area (Å²) in [6, 6.07) is -0.843. The number of carbonyl (C=O) groups excluding carboxylic acids is 3. The monoisotopic (exact) mass is 301 g/mol. The minimum atomic E-state index is -0.843. The summed E-state index contributed by atoms with van der Waals surface area (Å²) < 4.78 is 10.5. The molecule has 0 aliphatic rings. The second kappa shape index (κ2) is 7.43. The summed E-state index contributed by atoms with van der Waals surface area (Å²) in [4.78, 5) is 36.0. The molecule has 6 heteroatoms. The molecule has 122 valence electrons. The number of rotatable bonds is 5. The molecule has 6 nitrogen and oxygen atoms in total. The van der Waals surface area contributed by atoms with Crippen molar-refractivity contribution >= 4 is 18.3 Å². The van der Waals surface area contributed by atoms with Gasteiger partial charge in [0.1, 0.15) is 23.5 Å². The highest BCUT2D eigenvalue weighted by atomic mass is 16.6. The van der Waals surface area contributed by atoms with E-state index >= 15 is 0 Å². The summed E-state index contributed by atoms with van der Waals surface area (Å²) in [6.07, 6.45) is 0.454. The van der Waals surface area contributed by atoms with E-state index in [9.17, 15) is 14.4 Å². The number of carbonyl (C=O) groups is 3. The number of hydrogen-bond donors (Lipinski definition) is 0. The van der Waals surface area contributed by atoms with Crippen LogP contribution in [0.15, 0.2) is 0 Å². The lowest BCUT2D eigenvalue weighted by molar-refractivity contribution is -0.161. The van der Waals surface area contributed by atoms with Gasteiger partial charge in [-0.05, 0) is 48.0 Å². The van der Waals surface area contributed by atoms with Crippen LogP contribution in [0.3, 0.4) is 0 Å². The number of esters is 1. The summed E-state index contributed by atoms with van der Waals surface area (Å²) >= 11 is 0. The minimum absolute atomic E-state index is 0.164. The first-order valence-corrected chi connectivity index (χ1v) is 6.99. The zero-order chi connectivity index (χ0) is 16.8.